The quantitative estimate of drug-likeness (QED) is 0.426. The van der Waals surface area contributed by atoms with Crippen molar-refractivity contribution in [3.05, 3.63) is 29.8 Å². The second-order valence-electron chi connectivity index (χ2n) is 6.98. The smallest absolute Gasteiger partial charge is 0.417 e. The summed E-state index contributed by atoms with van der Waals surface area (Å²) in [6.45, 7) is 8.88. The van der Waals surface area contributed by atoms with E-state index in [1.807, 2.05) is 6.92 Å². The Morgan fingerprint density at radius 3 is 2.15 bits per heavy atom. The van der Waals surface area contributed by atoms with Gasteiger partial charge in [-0.05, 0) is 52.3 Å². The van der Waals surface area contributed by atoms with Gasteiger partial charge in [0.25, 0.3) is 0 Å². The van der Waals surface area contributed by atoms with Crippen LogP contribution in [0, 0.1) is 0 Å². The van der Waals surface area contributed by atoms with Crippen LogP contribution in [-0.2, 0) is 19.3 Å². The number of carbonyl (C=O) groups is 1. The van der Waals surface area contributed by atoms with Crippen LogP contribution in [0.5, 0.6) is 0 Å². The lowest BCUT2D eigenvalue weighted by molar-refractivity contribution is -0.0613. The van der Waals surface area contributed by atoms with Crippen molar-refractivity contribution in [3.63, 3.8) is 0 Å². The zero-order valence-corrected chi connectivity index (χ0v) is 17.2. The molecule has 0 aromatic heterocycles. The average molecular weight is 384 g/mol. The van der Waals surface area contributed by atoms with E-state index in [-0.39, 0.29) is 11.0 Å². The van der Waals surface area contributed by atoms with Crippen LogP contribution in [0.4, 0.5) is 4.79 Å². The van der Waals surface area contributed by atoms with Crippen LogP contribution in [0.25, 0.3) is 0 Å². The number of sulfone groups is 1. The molecule has 2 atom stereocenters. The molecule has 0 aliphatic carbocycles. The summed E-state index contributed by atoms with van der Waals surface area (Å²) in [6.07, 6.45) is 0.965. The standard InChI is InChI=1S/C18H28N2O5S/c1-13(15-8-10-16(11-9-15)26(7,22)23)24-14(2)20(12-19-6)17(21)25-18(3,4)5/h8-14H,1-7H3. The van der Waals surface area contributed by atoms with Gasteiger partial charge >= 0.3 is 6.09 Å². The Morgan fingerprint density at radius 2 is 1.73 bits per heavy atom. The van der Waals surface area contributed by atoms with Crippen LogP contribution in [0.2, 0.25) is 0 Å². The first-order chi connectivity index (χ1) is 11.8. The minimum absolute atomic E-state index is 0.245. The molecular weight excluding hydrogens is 356 g/mol. The topological polar surface area (TPSA) is 85.3 Å². The maximum absolute atomic E-state index is 12.3. The summed E-state index contributed by atoms with van der Waals surface area (Å²) in [5, 5.41) is 0. The number of ether oxygens (including phenoxy) is 2. The van der Waals surface area contributed by atoms with Gasteiger partial charge in [0.2, 0.25) is 0 Å². The molecule has 0 aliphatic heterocycles. The molecule has 1 rings (SSSR count). The third kappa shape index (κ3) is 6.76. The molecule has 146 valence electrons. The average Bonchev–Trinajstić information content (AvgIpc) is 2.49. The van der Waals surface area contributed by atoms with E-state index in [0.29, 0.717) is 0 Å². The summed E-state index contributed by atoms with van der Waals surface area (Å²) < 4.78 is 34.3. The summed E-state index contributed by atoms with van der Waals surface area (Å²) in [5.74, 6) is 0. The molecule has 0 fully saturated rings. The summed E-state index contributed by atoms with van der Waals surface area (Å²) in [4.78, 5) is 17.7. The third-order valence-corrected chi connectivity index (χ3v) is 4.54. The molecular formula is C18H28N2O5S. The predicted molar refractivity (Wildman–Crippen MR) is 101 cm³/mol. The monoisotopic (exact) mass is 384 g/mol. The highest BCUT2D eigenvalue weighted by atomic mass is 32.2. The van der Waals surface area contributed by atoms with Gasteiger partial charge in [0.15, 0.2) is 9.84 Å². The Kier molecular flexibility index (Phi) is 7.35. The molecule has 0 radical (unpaired) electrons. The van der Waals surface area contributed by atoms with E-state index in [1.165, 1.54) is 23.4 Å². The first-order valence-corrected chi connectivity index (χ1v) is 10.1. The van der Waals surface area contributed by atoms with E-state index in [0.717, 1.165) is 11.8 Å². The molecule has 1 amide bonds. The number of benzene rings is 1. The second kappa shape index (κ2) is 8.64. The van der Waals surface area contributed by atoms with Crippen LogP contribution < -0.4 is 0 Å². The highest BCUT2D eigenvalue weighted by molar-refractivity contribution is 7.90. The van der Waals surface area contributed by atoms with Gasteiger partial charge in [-0.25, -0.2) is 18.1 Å². The molecule has 1 aromatic rings. The second-order valence-corrected chi connectivity index (χ2v) is 9.00. The van der Waals surface area contributed by atoms with Crippen molar-refractivity contribution in [1.29, 1.82) is 0 Å². The highest BCUT2D eigenvalue weighted by Gasteiger charge is 2.26. The molecule has 1 aromatic carbocycles. The normalized spacial score (nSPS) is 14.9. The molecule has 0 saturated heterocycles. The van der Waals surface area contributed by atoms with Crippen LogP contribution >= 0.6 is 0 Å². The predicted octanol–water partition coefficient (Wildman–Crippen LogP) is 3.41. The van der Waals surface area contributed by atoms with Gasteiger partial charge in [-0.3, -0.25) is 4.99 Å². The van der Waals surface area contributed by atoms with Crippen molar-refractivity contribution >= 4 is 22.3 Å². The molecule has 0 bridgehead atoms. The summed E-state index contributed by atoms with van der Waals surface area (Å²) >= 11 is 0. The molecule has 8 heteroatoms. The fraction of sp³-hybridized carbons (Fsp3) is 0.556. The Morgan fingerprint density at radius 1 is 1.19 bits per heavy atom. The van der Waals surface area contributed by atoms with Gasteiger partial charge in [-0.2, -0.15) is 0 Å². The number of nitrogens with zero attached hydrogens (tertiary/aromatic N) is 2. The number of rotatable bonds is 6. The van der Waals surface area contributed by atoms with Crippen molar-refractivity contribution < 1.29 is 22.7 Å². The lowest BCUT2D eigenvalue weighted by Gasteiger charge is -2.30. The molecule has 0 aliphatic rings. The van der Waals surface area contributed by atoms with Crippen LogP contribution in [-0.4, -0.2) is 50.9 Å². The van der Waals surface area contributed by atoms with E-state index in [1.54, 1.807) is 46.9 Å². The Balaban J connectivity index is 2.88. The van der Waals surface area contributed by atoms with Crippen molar-refractivity contribution in [2.24, 2.45) is 4.99 Å². The largest absolute Gasteiger partial charge is 0.443 e. The number of aliphatic imine (C=N–C) groups is 1. The van der Waals surface area contributed by atoms with E-state index in [4.69, 9.17) is 9.47 Å². The molecule has 26 heavy (non-hydrogen) atoms. The van der Waals surface area contributed by atoms with E-state index >= 15 is 0 Å². The van der Waals surface area contributed by atoms with Crippen molar-refractivity contribution in [2.75, 3.05) is 13.3 Å². The van der Waals surface area contributed by atoms with Gasteiger partial charge in [-0.15, -0.1) is 0 Å². The van der Waals surface area contributed by atoms with Crippen LogP contribution in [0.3, 0.4) is 0 Å². The first-order valence-electron chi connectivity index (χ1n) is 8.24. The molecule has 0 N–H and O–H groups in total. The van der Waals surface area contributed by atoms with Gasteiger partial charge < -0.3 is 9.47 Å². The van der Waals surface area contributed by atoms with Gasteiger partial charge in [-0.1, -0.05) is 12.1 Å². The highest BCUT2D eigenvalue weighted by Crippen LogP contribution is 2.22. The van der Waals surface area contributed by atoms with E-state index in [2.05, 4.69) is 4.99 Å². The minimum atomic E-state index is -3.25. The number of hydrogen-bond donors (Lipinski definition) is 0. The zero-order chi connectivity index (χ0) is 20.1. The van der Waals surface area contributed by atoms with Crippen LogP contribution in [0.15, 0.2) is 34.2 Å². The SMILES string of the molecule is CN=CN(C(=O)OC(C)(C)C)C(C)OC(C)c1ccc(S(C)(=O)=O)cc1. The number of hydrogen-bond acceptors (Lipinski definition) is 6. The summed E-state index contributed by atoms with van der Waals surface area (Å²) in [5.41, 5.74) is 0.158. The fourth-order valence-electron chi connectivity index (χ4n) is 2.15. The Bertz CT molecular complexity index is 736. The lowest BCUT2D eigenvalue weighted by Crippen LogP contribution is -2.42. The summed E-state index contributed by atoms with van der Waals surface area (Å²) in [7, 11) is -1.69. The lowest BCUT2D eigenvalue weighted by atomic mass is 10.1. The minimum Gasteiger partial charge on any atom is -0.443 e. The molecule has 2 unspecified atom stereocenters. The van der Waals surface area contributed by atoms with Crippen molar-refractivity contribution in [1.82, 2.24) is 4.90 Å². The van der Waals surface area contributed by atoms with E-state index < -0.39 is 27.8 Å². The van der Waals surface area contributed by atoms with Crippen molar-refractivity contribution in [3.8, 4) is 0 Å². The molecule has 0 spiro atoms. The maximum Gasteiger partial charge on any atom is 0.417 e. The number of amides is 1. The third-order valence-electron chi connectivity index (χ3n) is 3.41. The summed E-state index contributed by atoms with van der Waals surface area (Å²) in [6, 6.07) is 6.46. The first kappa shape index (κ1) is 22.1. The van der Waals surface area contributed by atoms with Crippen molar-refractivity contribution in [2.45, 2.75) is 57.4 Å². The van der Waals surface area contributed by atoms with Gasteiger partial charge in [0.05, 0.1) is 17.3 Å². The molecule has 0 saturated carbocycles. The molecule has 7 nitrogen and oxygen atoms in total. The maximum atomic E-state index is 12.3. The van der Waals surface area contributed by atoms with E-state index in [9.17, 15) is 13.2 Å². The molecule has 0 heterocycles. The zero-order valence-electron chi connectivity index (χ0n) is 16.4. The van der Waals surface area contributed by atoms with Gasteiger partial charge in [0.1, 0.15) is 11.8 Å². The Hall–Kier alpha value is -1.93. The fourth-order valence-corrected chi connectivity index (χ4v) is 2.78. The Labute approximate surface area is 155 Å². The van der Waals surface area contributed by atoms with Gasteiger partial charge in [0, 0.05) is 13.3 Å². The van der Waals surface area contributed by atoms with Crippen LogP contribution in [0.1, 0.15) is 46.3 Å². The number of carbonyl (C=O) groups excluding carboxylic acids is 1.